The van der Waals surface area contributed by atoms with Crippen molar-refractivity contribution in [2.75, 3.05) is 5.73 Å². The van der Waals surface area contributed by atoms with Gasteiger partial charge in [-0.15, -0.1) is 17.0 Å². The zero-order valence-corrected chi connectivity index (χ0v) is 9.56. The molecule has 1 heterocycles. The van der Waals surface area contributed by atoms with E-state index in [0.717, 1.165) is 10.2 Å². The molecule has 0 aliphatic heterocycles. The number of halogens is 2. The molecule has 0 bridgehead atoms. The highest BCUT2D eigenvalue weighted by Crippen LogP contribution is 2.19. The summed E-state index contributed by atoms with van der Waals surface area (Å²) in [5.41, 5.74) is 6.40. The summed E-state index contributed by atoms with van der Waals surface area (Å²) >= 11 is 3.26. The summed E-state index contributed by atoms with van der Waals surface area (Å²) in [5.74, 6) is 1.21. The summed E-state index contributed by atoms with van der Waals surface area (Å²) in [6.45, 7) is 3.70. The maximum atomic E-state index is 5.52. The Balaban J connectivity index is 0.000001000. The summed E-state index contributed by atoms with van der Waals surface area (Å²) in [6.07, 6.45) is 0. The summed E-state index contributed by atoms with van der Waals surface area (Å²) in [4.78, 5) is 8.05. The molecule has 0 aromatic carbocycles. The van der Waals surface area contributed by atoms with Crippen molar-refractivity contribution in [2.24, 2.45) is 0 Å². The van der Waals surface area contributed by atoms with Crippen molar-refractivity contribution < 1.29 is 0 Å². The number of nitrogen functional groups attached to an aromatic ring is 1. The predicted molar refractivity (Wildman–Crippen MR) is 53.9 cm³/mol. The number of nitrogens with two attached hydrogens (primary N) is 1. The van der Waals surface area contributed by atoms with Crippen molar-refractivity contribution in [1.29, 1.82) is 0 Å². The standard InChI is InChI=1S/C6H8BrN3.BrH/c1-3-5(7)6(8)10-4(2)9-3;/h1-2H3,(H2,8,9,10);1H. The van der Waals surface area contributed by atoms with Crippen molar-refractivity contribution in [2.45, 2.75) is 13.8 Å². The van der Waals surface area contributed by atoms with Gasteiger partial charge in [0.1, 0.15) is 11.6 Å². The molecule has 2 N–H and O–H groups in total. The first kappa shape index (κ1) is 10.8. The van der Waals surface area contributed by atoms with Gasteiger partial charge in [0, 0.05) is 0 Å². The van der Waals surface area contributed by atoms with Crippen LogP contribution in [0.1, 0.15) is 11.5 Å². The van der Waals surface area contributed by atoms with Gasteiger partial charge in [-0.2, -0.15) is 0 Å². The number of hydrogen-bond donors (Lipinski definition) is 1. The van der Waals surface area contributed by atoms with Crippen molar-refractivity contribution in [1.82, 2.24) is 9.97 Å². The third-order valence-corrected chi connectivity index (χ3v) is 2.13. The quantitative estimate of drug-likeness (QED) is 0.792. The van der Waals surface area contributed by atoms with E-state index in [9.17, 15) is 0 Å². The average molecular weight is 283 g/mol. The third-order valence-electron chi connectivity index (χ3n) is 1.15. The van der Waals surface area contributed by atoms with Gasteiger partial charge in [-0.3, -0.25) is 0 Å². The molecular formula is C6H9Br2N3. The van der Waals surface area contributed by atoms with Crippen LogP contribution < -0.4 is 5.73 Å². The molecule has 0 aliphatic rings. The van der Waals surface area contributed by atoms with E-state index >= 15 is 0 Å². The van der Waals surface area contributed by atoms with Crippen LogP contribution in [0.15, 0.2) is 4.47 Å². The third kappa shape index (κ3) is 2.41. The van der Waals surface area contributed by atoms with Crippen molar-refractivity contribution >= 4 is 38.7 Å². The summed E-state index contributed by atoms with van der Waals surface area (Å²) < 4.78 is 0.790. The molecule has 11 heavy (non-hydrogen) atoms. The maximum absolute atomic E-state index is 5.52. The lowest BCUT2D eigenvalue weighted by Gasteiger charge is -2.00. The Morgan fingerprint density at radius 2 is 1.82 bits per heavy atom. The molecule has 1 aromatic heterocycles. The fraction of sp³-hybridized carbons (Fsp3) is 0.333. The van der Waals surface area contributed by atoms with E-state index < -0.39 is 0 Å². The topological polar surface area (TPSA) is 51.8 Å². The first-order chi connectivity index (χ1) is 4.61. The molecule has 0 fully saturated rings. The van der Waals surface area contributed by atoms with E-state index in [0.29, 0.717) is 11.6 Å². The van der Waals surface area contributed by atoms with Crippen LogP contribution >= 0.6 is 32.9 Å². The molecule has 0 unspecified atom stereocenters. The molecule has 5 heteroatoms. The molecule has 0 saturated carbocycles. The predicted octanol–water partition coefficient (Wildman–Crippen LogP) is 2.02. The lowest BCUT2D eigenvalue weighted by atomic mass is 10.4. The summed E-state index contributed by atoms with van der Waals surface area (Å²) in [7, 11) is 0. The van der Waals surface area contributed by atoms with Gasteiger partial charge >= 0.3 is 0 Å². The van der Waals surface area contributed by atoms with Gasteiger partial charge in [0.25, 0.3) is 0 Å². The zero-order chi connectivity index (χ0) is 7.72. The van der Waals surface area contributed by atoms with Crippen LogP contribution in [0.3, 0.4) is 0 Å². The average Bonchev–Trinajstić information content (AvgIpc) is 1.82. The molecule has 0 spiro atoms. The van der Waals surface area contributed by atoms with Crippen molar-refractivity contribution in [3.8, 4) is 0 Å². The zero-order valence-electron chi connectivity index (χ0n) is 6.26. The Labute approximate surface area is 84.3 Å². The second-order valence-electron chi connectivity index (χ2n) is 2.06. The van der Waals surface area contributed by atoms with E-state index in [1.165, 1.54) is 0 Å². The van der Waals surface area contributed by atoms with Gasteiger partial charge in [0.2, 0.25) is 0 Å². The molecule has 0 aliphatic carbocycles. The molecule has 0 atom stereocenters. The van der Waals surface area contributed by atoms with Crippen LogP contribution in [0, 0.1) is 13.8 Å². The Morgan fingerprint density at radius 1 is 1.27 bits per heavy atom. The van der Waals surface area contributed by atoms with Crippen LogP contribution in [0.5, 0.6) is 0 Å². The van der Waals surface area contributed by atoms with Crippen molar-refractivity contribution in [3.05, 3.63) is 16.0 Å². The minimum absolute atomic E-state index is 0. The number of aromatic nitrogens is 2. The minimum atomic E-state index is 0. The summed E-state index contributed by atoms with van der Waals surface area (Å²) in [5, 5.41) is 0. The van der Waals surface area contributed by atoms with Gasteiger partial charge in [0.15, 0.2) is 0 Å². The normalized spacial score (nSPS) is 9.00. The molecule has 0 radical (unpaired) electrons. The lowest BCUT2D eigenvalue weighted by Crippen LogP contribution is -1.99. The van der Waals surface area contributed by atoms with Crippen LogP contribution in [-0.4, -0.2) is 9.97 Å². The SMILES string of the molecule is Br.Cc1nc(C)c(Br)c(N)n1. The van der Waals surface area contributed by atoms with Gasteiger partial charge < -0.3 is 5.73 Å². The Hall–Kier alpha value is -0.160. The molecule has 62 valence electrons. The number of nitrogens with zero attached hydrogens (tertiary/aromatic N) is 2. The van der Waals surface area contributed by atoms with Gasteiger partial charge in [-0.1, -0.05) is 0 Å². The second-order valence-corrected chi connectivity index (χ2v) is 2.85. The Bertz CT molecular complexity index is 239. The Kier molecular flexibility index (Phi) is 3.96. The van der Waals surface area contributed by atoms with Gasteiger partial charge in [-0.25, -0.2) is 9.97 Å². The van der Waals surface area contributed by atoms with Gasteiger partial charge in [-0.05, 0) is 29.8 Å². The van der Waals surface area contributed by atoms with E-state index in [4.69, 9.17) is 5.73 Å². The Morgan fingerprint density at radius 3 is 2.27 bits per heavy atom. The fourth-order valence-corrected chi connectivity index (χ4v) is 0.903. The lowest BCUT2D eigenvalue weighted by molar-refractivity contribution is 1.01. The molecular weight excluding hydrogens is 274 g/mol. The second kappa shape index (κ2) is 4.01. The molecule has 0 amide bonds. The fourth-order valence-electron chi connectivity index (χ4n) is 0.726. The molecule has 0 saturated heterocycles. The highest BCUT2D eigenvalue weighted by molar-refractivity contribution is 9.10. The first-order valence-electron chi connectivity index (χ1n) is 2.87. The number of rotatable bonds is 0. The monoisotopic (exact) mass is 281 g/mol. The van der Waals surface area contributed by atoms with E-state index in [1.807, 2.05) is 13.8 Å². The first-order valence-corrected chi connectivity index (χ1v) is 3.67. The smallest absolute Gasteiger partial charge is 0.141 e. The van der Waals surface area contributed by atoms with Crippen LogP contribution in [0.4, 0.5) is 5.82 Å². The summed E-state index contributed by atoms with van der Waals surface area (Å²) in [6, 6.07) is 0. The van der Waals surface area contributed by atoms with Gasteiger partial charge in [0.05, 0.1) is 10.2 Å². The molecule has 1 aromatic rings. The molecule has 3 nitrogen and oxygen atoms in total. The molecule has 1 rings (SSSR count). The minimum Gasteiger partial charge on any atom is -0.383 e. The number of anilines is 1. The number of aryl methyl sites for hydroxylation is 2. The van der Waals surface area contributed by atoms with E-state index in [2.05, 4.69) is 25.9 Å². The maximum Gasteiger partial charge on any atom is 0.141 e. The van der Waals surface area contributed by atoms with E-state index in [-0.39, 0.29) is 17.0 Å². The number of hydrogen-bond acceptors (Lipinski definition) is 3. The van der Waals surface area contributed by atoms with Crippen LogP contribution in [-0.2, 0) is 0 Å². The largest absolute Gasteiger partial charge is 0.383 e. The van der Waals surface area contributed by atoms with E-state index in [1.54, 1.807) is 0 Å². The van der Waals surface area contributed by atoms with Crippen LogP contribution in [0.2, 0.25) is 0 Å². The van der Waals surface area contributed by atoms with Crippen molar-refractivity contribution in [3.63, 3.8) is 0 Å². The highest BCUT2D eigenvalue weighted by Gasteiger charge is 2.01. The highest BCUT2D eigenvalue weighted by atomic mass is 79.9. The van der Waals surface area contributed by atoms with Crippen LogP contribution in [0.25, 0.3) is 0 Å².